The number of rotatable bonds is 3. The molecule has 2 aromatic heterocycles. The van der Waals surface area contributed by atoms with E-state index in [-0.39, 0.29) is 0 Å². The van der Waals surface area contributed by atoms with Crippen molar-refractivity contribution in [3.05, 3.63) is 33.5 Å². The first-order valence-corrected chi connectivity index (χ1v) is 6.73. The SMILES string of the molecule is CCc1cc(C(=O)O)sc1-c1sccc1C. The van der Waals surface area contributed by atoms with Crippen LogP contribution in [0.3, 0.4) is 0 Å². The quantitative estimate of drug-likeness (QED) is 0.895. The van der Waals surface area contributed by atoms with E-state index in [0.717, 1.165) is 16.9 Å². The topological polar surface area (TPSA) is 37.3 Å². The summed E-state index contributed by atoms with van der Waals surface area (Å²) < 4.78 is 0. The molecule has 0 aliphatic rings. The minimum absolute atomic E-state index is 0.430. The van der Waals surface area contributed by atoms with Gasteiger partial charge in [-0.25, -0.2) is 4.79 Å². The summed E-state index contributed by atoms with van der Waals surface area (Å²) in [5.74, 6) is -0.833. The molecule has 2 heterocycles. The Morgan fingerprint density at radius 3 is 2.69 bits per heavy atom. The van der Waals surface area contributed by atoms with E-state index in [1.165, 1.54) is 21.8 Å². The lowest BCUT2D eigenvalue weighted by atomic mass is 10.1. The highest BCUT2D eigenvalue weighted by Crippen LogP contribution is 2.38. The third-order valence-electron chi connectivity index (χ3n) is 2.47. The van der Waals surface area contributed by atoms with Crippen LogP contribution < -0.4 is 0 Å². The number of hydrogen-bond donors (Lipinski definition) is 1. The molecule has 0 fully saturated rings. The summed E-state index contributed by atoms with van der Waals surface area (Å²) in [5, 5.41) is 11.0. The molecule has 0 bridgehead atoms. The molecule has 0 amide bonds. The van der Waals surface area contributed by atoms with Gasteiger partial charge in [0.25, 0.3) is 0 Å². The van der Waals surface area contributed by atoms with E-state index < -0.39 is 5.97 Å². The van der Waals surface area contributed by atoms with Crippen LogP contribution in [0.25, 0.3) is 9.75 Å². The molecule has 0 atom stereocenters. The zero-order valence-corrected chi connectivity index (χ0v) is 10.7. The molecule has 0 unspecified atom stereocenters. The van der Waals surface area contributed by atoms with Crippen LogP contribution in [0.2, 0.25) is 0 Å². The Hall–Kier alpha value is -1.13. The molecule has 0 radical (unpaired) electrons. The second kappa shape index (κ2) is 4.39. The highest BCUT2D eigenvalue weighted by Gasteiger charge is 2.16. The van der Waals surface area contributed by atoms with Crippen molar-refractivity contribution in [3.63, 3.8) is 0 Å². The van der Waals surface area contributed by atoms with Crippen LogP contribution in [-0.2, 0) is 6.42 Å². The molecule has 0 saturated carbocycles. The van der Waals surface area contributed by atoms with Gasteiger partial charge in [-0.3, -0.25) is 0 Å². The predicted octanol–water partition coefficient (Wildman–Crippen LogP) is 4.05. The summed E-state index contributed by atoms with van der Waals surface area (Å²) in [6.45, 7) is 4.12. The number of thiophene rings is 2. The average molecular weight is 252 g/mol. The van der Waals surface area contributed by atoms with Crippen molar-refractivity contribution in [1.82, 2.24) is 0 Å². The smallest absolute Gasteiger partial charge is 0.345 e. The Morgan fingerprint density at radius 1 is 1.44 bits per heavy atom. The molecule has 2 nitrogen and oxygen atoms in total. The van der Waals surface area contributed by atoms with Crippen molar-refractivity contribution in [3.8, 4) is 9.75 Å². The molecule has 0 aromatic carbocycles. The lowest BCUT2D eigenvalue weighted by Crippen LogP contribution is -1.90. The van der Waals surface area contributed by atoms with Crippen LogP contribution in [0.4, 0.5) is 0 Å². The van der Waals surface area contributed by atoms with Gasteiger partial charge in [-0.05, 0) is 42.0 Å². The van der Waals surface area contributed by atoms with E-state index in [9.17, 15) is 4.79 Å². The maximum absolute atomic E-state index is 11.0. The van der Waals surface area contributed by atoms with Crippen molar-refractivity contribution in [2.45, 2.75) is 20.3 Å². The fourth-order valence-electron chi connectivity index (χ4n) is 1.59. The van der Waals surface area contributed by atoms with E-state index in [2.05, 4.69) is 19.9 Å². The van der Waals surface area contributed by atoms with E-state index in [1.54, 1.807) is 17.4 Å². The first-order valence-electron chi connectivity index (χ1n) is 5.04. The van der Waals surface area contributed by atoms with Crippen molar-refractivity contribution in [2.24, 2.45) is 0 Å². The molecule has 0 saturated heterocycles. The second-order valence-corrected chi connectivity index (χ2v) is 5.52. The van der Waals surface area contributed by atoms with Gasteiger partial charge in [0.15, 0.2) is 0 Å². The Morgan fingerprint density at radius 2 is 2.19 bits per heavy atom. The van der Waals surface area contributed by atoms with E-state index >= 15 is 0 Å². The lowest BCUT2D eigenvalue weighted by molar-refractivity contribution is 0.0702. The lowest BCUT2D eigenvalue weighted by Gasteiger charge is -1.99. The number of carboxylic acids is 1. The van der Waals surface area contributed by atoms with Crippen molar-refractivity contribution < 1.29 is 9.90 Å². The van der Waals surface area contributed by atoms with Crippen LogP contribution in [0.5, 0.6) is 0 Å². The Balaban J connectivity index is 2.56. The average Bonchev–Trinajstić information content (AvgIpc) is 2.82. The molecule has 16 heavy (non-hydrogen) atoms. The van der Waals surface area contributed by atoms with Crippen LogP contribution in [-0.4, -0.2) is 11.1 Å². The van der Waals surface area contributed by atoms with Gasteiger partial charge in [0.1, 0.15) is 4.88 Å². The number of hydrogen-bond acceptors (Lipinski definition) is 3. The van der Waals surface area contributed by atoms with Gasteiger partial charge in [0.05, 0.1) is 0 Å². The van der Waals surface area contributed by atoms with Crippen molar-refractivity contribution in [2.75, 3.05) is 0 Å². The normalized spacial score (nSPS) is 10.6. The third kappa shape index (κ3) is 1.90. The standard InChI is InChI=1S/C12H12O2S2/c1-3-8-6-9(12(13)14)16-11(8)10-7(2)4-5-15-10/h4-6H,3H2,1-2H3,(H,13,14). The molecule has 0 aliphatic carbocycles. The molecule has 0 spiro atoms. The molecular formula is C12H12O2S2. The molecular weight excluding hydrogens is 240 g/mol. The summed E-state index contributed by atoms with van der Waals surface area (Å²) in [4.78, 5) is 13.7. The predicted molar refractivity (Wildman–Crippen MR) is 68.7 cm³/mol. The number of carbonyl (C=O) groups is 1. The molecule has 2 rings (SSSR count). The van der Waals surface area contributed by atoms with Gasteiger partial charge in [0.2, 0.25) is 0 Å². The summed E-state index contributed by atoms with van der Waals surface area (Å²) in [6, 6.07) is 3.86. The van der Waals surface area contributed by atoms with Gasteiger partial charge in [-0.15, -0.1) is 22.7 Å². The number of aromatic carboxylic acids is 1. The largest absolute Gasteiger partial charge is 0.477 e. The highest BCUT2D eigenvalue weighted by molar-refractivity contribution is 7.22. The molecule has 0 aliphatic heterocycles. The maximum atomic E-state index is 11.0. The Labute approximate surface area is 102 Å². The summed E-state index contributed by atoms with van der Waals surface area (Å²) in [5.41, 5.74) is 2.35. The van der Waals surface area contributed by atoms with Crippen LogP contribution in [0, 0.1) is 6.92 Å². The van der Waals surface area contributed by atoms with Gasteiger partial charge < -0.3 is 5.11 Å². The highest BCUT2D eigenvalue weighted by atomic mass is 32.1. The van der Waals surface area contributed by atoms with Crippen LogP contribution >= 0.6 is 22.7 Å². The monoisotopic (exact) mass is 252 g/mol. The first kappa shape index (κ1) is 11.4. The van der Waals surface area contributed by atoms with E-state index in [4.69, 9.17) is 5.11 Å². The number of aryl methyl sites for hydroxylation is 2. The summed E-state index contributed by atoms with van der Waals surface area (Å²) in [6.07, 6.45) is 0.871. The van der Waals surface area contributed by atoms with Crippen LogP contribution in [0.1, 0.15) is 27.7 Å². The number of carboxylic acid groups (broad SMARTS) is 1. The second-order valence-electron chi connectivity index (χ2n) is 3.56. The molecule has 2 aromatic rings. The van der Waals surface area contributed by atoms with Gasteiger partial charge >= 0.3 is 5.97 Å². The summed E-state index contributed by atoms with van der Waals surface area (Å²) in [7, 11) is 0. The fraction of sp³-hybridized carbons (Fsp3) is 0.250. The minimum atomic E-state index is -0.833. The fourth-order valence-corrected chi connectivity index (χ4v) is 3.86. The third-order valence-corrected chi connectivity index (χ3v) is 4.81. The van der Waals surface area contributed by atoms with Gasteiger partial charge in [0, 0.05) is 9.75 Å². The first-order chi connectivity index (χ1) is 7.63. The minimum Gasteiger partial charge on any atom is -0.477 e. The zero-order valence-electron chi connectivity index (χ0n) is 9.11. The molecule has 84 valence electrons. The van der Waals surface area contributed by atoms with E-state index in [1.807, 2.05) is 5.38 Å². The van der Waals surface area contributed by atoms with E-state index in [0.29, 0.717) is 4.88 Å². The Kier molecular flexibility index (Phi) is 3.12. The maximum Gasteiger partial charge on any atom is 0.345 e. The van der Waals surface area contributed by atoms with Crippen molar-refractivity contribution in [1.29, 1.82) is 0 Å². The molecule has 4 heteroatoms. The van der Waals surface area contributed by atoms with Crippen LogP contribution in [0.15, 0.2) is 17.5 Å². The molecule has 1 N–H and O–H groups in total. The van der Waals surface area contributed by atoms with Crippen molar-refractivity contribution >= 4 is 28.6 Å². The zero-order chi connectivity index (χ0) is 11.7. The van der Waals surface area contributed by atoms with Gasteiger partial charge in [-0.1, -0.05) is 6.92 Å². The summed E-state index contributed by atoms with van der Waals surface area (Å²) >= 11 is 3.05. The Bertz CT molecular complexity index is 523. The van der Waals surface area contributed by atoms with Gasteiger partial charge in [-0.2, -0.15) is 0 Å².